The van der Waals surface area contributed by atoms with Gasteiger partial charge in [0, 0.05) is 33.7 Å². The van der Waals surface area contributed by atoms with E-state index >= 15 is 0 Å². The number of hydrogen-bond donors (Lipinski definition) is 0. The molecule has 1 aromatic heterocycles. The van der Waals surface area contributed by atoms with Crippen molar-refractivity contribution >= 4 is 5.91 Å². The molecule has 1 aliphatic heterocycles. The molecule has 0 spiro atoms. The lowest BCUT2D eigenvalue weighted by atomic mass is 9.76. The number of benzene rings is 1. The molecule has 2 aromatic rings. The Morgan fingerprint density at radius 3 is 2.73 bits per heavy atom. The van der Waals surface area contributed by atoms with E-state index in [9.17, 15) is 4.79 Å². The fourth-order valence-electron chi connectivity index (χ4n) is 3.65. The lowest BCUT2D eigenvalue weighted by molar-refractivity contribution is -0.133. The minimum Gasteiger partial charge on any atom is -0.385 e. The number of rotatable bonds is 6. The molecule has 0 saturated carbocycles. The lowest BCUT2D eigenvalue weighted by Crippen LogP contribution is -2.50. The third-order valence-corrected chi connectivity index (χ3v) is 5.19. The maximum Gasteiger partial charge on any atom is 0.227 e. The molecule has 0 radical (unpaired) electrons. The van der Waals surface area contributed by atoms with Gasteiger partial charge >= 0.3 is 0 Å². The number of nitrogens with zero attached hydrogens (tertiary/aromatic N) is 3. The van der Waals surface area contributed by atoms with Crippen LogP contribution in [0.4, 0.5) is 0 Å². The number of methoxy groups -OCH3 is 1. The van der Waals surface area contributed by atoms with E-state index < -0.39 is 0 Å². The van der Waals surface area contributed by atoms with Crippen molar-refractivity contribution in [3.8, 4) is 0 Å². The summed E-state index contributed by atoms with van der Waals surface area (Å²) >= 11 is 0. The summed E-state index contributed by atoms with van der Waals surface area (Å²) in [6.45, 7) is 5.83. The SMILES string of the molecule is COCCC1(c2noc(C)n2)CCCN(C(=O)Cc2ccc(C)cc2)C1. The third-order valence-electron chi connectivity index (χ3n) is 5.19. The van der Waals surface area contributed by atoms with Crippen LogP contribution in [0.25, 0.3) is 0 Å². The second kappa shape index (κ2) is 7.99. The zero-order chi connectivity index (χ0) is 18.6. The molecule has 1 fully saturated rings. The summed E-state index contributed by atoms with van der Waals surface area (Å²) in [5.74, 6) is 1.40. The molecule has 26 heavy (non-hydrogen) atoms. The van der Waals surface area contributed by atoms with Gasteiger partial charge in [-0.25, -0.2) is 0 Å². The Morgan fingerprint density at radius 1 is 1.31 bits per heavy atom. The van der Waals surface area contributed by atoms with Crippen molar-refractivity contribution in [1.82, 2.24) is 15.0 Å². The lowest BCUT2D eigenvalue weighted by Gasteiger charge is -2.41. The van der Waals surface area contributed by atoms with Crippen LogP contribution < -0.4 is 0 Å². The van der Waals surface area contributed by atoms with Crippen LogP contribution in [0.5, 0.6) is 0 Å². The highest BCUT2D eigenvalue weighted by atomic mass is 16.5. The highest BCUT2D eigenvalue weighted by molar-refractivity contribution is 5.79. The summed E-state index contributed by atoms with van der Waals surface area (Å²) in [7, 11) is 1.69. The fourth-order valence-corrected chi connectivity index (χ4v) is 3.65. The first-order chi connectivity index (χ1) is 12.5. The smallest absolute Gasteiger partial charge is 0.227 e. The van der Waals surface area contributed by atoms with Gasteiger partial charge in [-0.2, -0.15) is 4.98 Å². The molecular formula is C20H27N3O3. The van der Waals surface area contributed by atoms with Crippen molar-refractivity contribution in [3.05, 3.63) is 47.1 Å². The Labute approximate surface area is 154 Å². The second-order valence-corrected chi connectivity index (χ2v) is 7.24. The topological polar surface area (TPSA) is 68.5 Å². The predicted octanol–water partition coefficient (Wildman–Crippen LogP) is 2.83. The minimum atomic E-state index is -0.297. The van der Waals surface area contributed by atoms with Crippen molar-refractivity contribution < 1.29 is 14.1 Å². The highest BCUT2D eigenvalue weighted by Gasteiger charge is 2.42. The number of aromatic nitrogens is 2. The van der Waals surface area contributed by atoms with E-state index in [-0.39, 0.29) is 11.3 Å². The number of likely N-dealkylation sites (tertiary alicyclic amines) is 1. The Hall–Kier alpha value is -2.21. The zero-order valence-electron chi connectivity index (χ0n) is 15.8. The third kappa shape index (κ3) is 4.12. The molecule has 1 saturated heterocycles. The van der Waals surface area contributed by atoms with Crippen LogP contribution in [0.1, 0.15) is 42.1 Å². The van der Waals surface area contributed by atoms with Gasteiger partial charge in [0.15, 0.2) is 5.82 Å². The Morgan fingerprint density at radius 2 is 2.08 bits per heavy atom. The average molecular weight is 357 g/mol. The average Bonchev–Trinajstić information content (AvgIpc) is 3.09. The predicted molar refractivity (Wildman–Crippen MR) is 97.9 cm³/mol. The van der Waals surface area contributed by atoms with Gasteiger partial charge in [0.2, 0.25) is 11.8 Å². The maximum atomic E-state index is 12.9. The largest absolute Gasteiger partial charge is 0.385 e. The summed E-state index contributed by atoms with van der Waals surface area (Å²) in [5, 5.41) is 4.17. The summed E-state index contributed by atoms with van der Waals surface area (Å²) < 4.78 is 10.5. The second-order valence-electron chi connectivity index (χ2n) is 7.24. The molecule has 3 rings (SSSR count). The van der Waals surface area contributed by atoms with Crippen molar-refractivity contribution in [2.75, 3.05) is 26.8 Å². The molecule has 1 aliphatic rings. The van der Waals surface area contributed by atoms with Gasteiger partial charge in [0.1, 0.15) is 0 Å². The molecule has 1 atom stereocenters. The highest BCUT2D eigenvalue weighted by Crippen LogP contribution is 2.36. The van der Waals surface area contributed by atoms with Gasteiger partial charge in [-0.15, -0.1) is 0 Å². The van der Waals surface area contributed by atoms with Crippen molar-refractivity contribution in [2.24, 2.45) is 0 Å². The normalized spacial score (nSPS) is 20.3. The molecule has 0 N–H and O–H groups in total. The van der Waals surface area contributed by atoms with Crippen LogP contribution in [0.2, 0.25) is 0 Å². The molecule has 1 unspecified atom stereocenters. The summed E-state index contributed by atoms with van der Waals surface area (Å²) in [5.41, 5.74) is 1.95. The monoisotopic (exact) mass is 357 g/mol. The molecule has 6 heteroatoms. The van der Waals surface area contributed by atoms with Crippen LogP contribution in [0.3, 0.4) is 0 Å². The summed E-state index contributed by atoms with van der Waals surface area (Å²) in [4.78, 5) is 19.3. The Kier molecular flexibility index (Phi) is 5.71. The molecular weight excluding hydrogens is 330 g/mol. The quantitative estimate of drug-likeness (QED) is 0.795. The number of amides is 1. The molecule has 2 heterocycles. The Balaban J connectivity index is 1.76. The number of ether oxygens (including phenoxy) is 1. The molecule has 1 amide bonds. The number of carbonyl (C=O) groups is 1. The van der Waals surface area contributed by atoms with Crippen molar-refractivity contribution in [3.63, 3.8) is 0 Å². The van der Waals surface area contributed by atoms with Gasteiger partial charge in [-0.3, -0.25) is 4.79 Å². The molecule has 6 nitrogen and oxygen atoms in total. The van der Waals surface area contributed by atoms with Crippen LogP contribution >= 0.6 is 0 Å². The van der Waals surface area contributed by atoms with E-state index in [2.05, 4.69) is 10.1 Å². The molecule has 0 bridgehead atoms. The van der Waals surface area contributed by atoms with Gasteiger partial charge in [-0.1, -0.05) is 35.0 Å². The van der Waals surface area contributed by atoms with E-state index in [0.717, 1.165) is 31.4 Å². The minimum absolute atomic E-state index is 0.149. The number of aryl methyl sites for hydroxylation is 2. The van der Waals surface area contributed by atoms with Crippen molar-refractivity contribution in [2.45, 2.75) is 44.9 Å². The first kappa shape index (κ1) is 18.6. The van der Waals surface area contributed by atoms with Gasteiger partial charge < -0.3 is 14.2 Å². The first-order valence-electron chi connectivity index (χ1n) is 9.15. The maximum absolute atomic E-state index is 12.9. The molecule has 0 aliphatic carbocycles. The van der Waals surface area contributed by atoms with Crippen LogP contribution in [-0.2, 0) is 21.4 Å². The van der Waals surface area contributed by atoms with E-state index in [4.69, 9.17) is 9.26 Å². The number of piperidine rings is 1. The van der Waals surface area contributed by atoms with E-state index in [1.54, 1.807) is 14.0 Å². The fraction of sp³-hybridized carbons (Fsp3) is 0.550. The van der Waals surface area contributed by atoms with E-state index in [1.807, 2.05) is 36.1 Å². The van der Waals surface area contributed by atoms with Crippen LogP contribution in [0, 0.1) is 13.8 Å². The van der Waals surface area contributed by atoms with E-state index in [1.165, 1.54) is 5.56 Å². The zero-order valence-corrected chi connectivity index (χ0v) is 15.8. The molecule has 1 aromatic carbocycles. The number of hydrogen-bond acceptors (Lipinski definition) is 5. The Bertz CT molecular complexity index is 741. The van der Waals surface area contributed by atoms with Gasteiger partial charge in [-0.05, 0) is 31.7 Å². The van der Waals surface area contributed by atoms with Crippen molar-refractivity contribution in [1.29, 1.82) is 0 Å². The summed E-state index contributed by atoms with van der Waals surface area (Å²) in [6.07, 6.45) is 3.06. The van der Waals surface area contributed by atoms with Crippen LogP contribution in [0.15, 0.2) is 28.8 Å². The van der Waals surface area contributed by atoms with Gasteiger partial charge in [0.25, 0.3) is 0 Å². The standard InChI is InChI=1S/C20H27N3O3/c1-15-5-7-17(8-6-15)13-18(24)23-11-4-9-20(14-23,10-12-25-3)19-21-16(2)26-22-19/h5-8H,4,9-14H2,1-3H3. The number of carbonyl (C=O) groups excluding carboxylic acids is 1. The molecule has 140 valence electrons. The van der Waals surface area contributed by atoms with Crippen LogP contribution in [-0.4, -0.2) is 47.8 Å². The van der Waals surface area contributed by atoms with E-state index in [0.29, 0.717) is 31.3 Å². The van der Waals surface area contributed by atoms with Gasteiger partial charge in [0.05, 0.1) is 11.8 Å². The first-order valence-corrected chi connectivity index (χ1v) is 9.15. The summed E-state index contributed by atoms with van der Waals surface area (Å²) in [6, 6.07) is 8.14.